The lowest BCUT2D eigenvalue weighted by Crippen LogP contribution is -2.13. The molecule has 1 amide bonds. The molecule has 120 valence electrons. The Morgan fingerprint density at radius 1 is 1.13 bits per heavy atom. The van der Waals surface area contributed by atoms with E-state index in [1.165, 1.54) is 6.92 Å². The Labute approximate surface area is 135 Å². The summed E-state index contributed by atoms with van der Waals surface area (Å²) in [5, 5.41) is 2.76. The second-order valence-electron chi connectivity index (χ2n) is 5.24. The van der Waals surface area contributed by atoms with E-state index < -0.39 is 0 Å². The average molecular weight is 312 g/mol. The molecule has 0 bridgehead atoms. The van der Waals surface area contributed by atoms with Gasteiger partial charge in [-0.15, -0.1) is 0 Å². The number of rotatable bonds is 7. The first-order chi connectivity index (χ1) is 11.0. The Morgan fingerprint density at radius 3 is 2.52 bits per heavy atom. The topological polar surface area (TPSA) is 68.3 Å². The molecular weight excluding hydrogens is 292 g/mol. The highest BCUT2D eigenvalue weighted by Crippen LogP contribution is 2.13. The summed E-state index contributed by atoms with van der Waals surface area (Å²) in [4.78, 5) is 27.2. The molecule has 0 aliphatic heterocycles. The smallest absolute Gasteiger partial charge is 0.225 e. The van der Waals surface area contributed by atoms with Crippen LogP contribution in [0.1, 0.15) is 35.8 Å². The van der Waals surface area contributed by atoms with Gasteiger partial charge in [-0.25, -0.2) is 4.98 Å². The normalized spacial score (nSPS) is 10.2. The molecule has 1 aromatic heterocycles. The Balaban J connectivity index is 1.70. The van der Waals surface area contributed by atoms with Crippen molar-refractivity contribution in [1.29, 1.82) is 0 Å². The molecule has 0 spiro atoms. The standard InChI is InChI=1S/C18H20N2O3/c1-13-5-3-6-17(19-13)20-18(22)7-4-12-23-16-10-8-15(9-11-16)14(2)21/h3,5-6,8-11H,4,7,12H2,1-2H3,(H,19,20,22). The molecule has 0 aliphatic carbocycles. The van der Waals surface area contributed by atoms with Gasteiger partial charge in [0.1, 0.15) is 11.6 Å². The number of nitrogens with zero attached hydrogens (tertiary/aromatic N) is 1. The van der Waals surface area contributed by atoms with E-state index in [9.17, 15) is 9.59 Å². The number of carbonyl (C=O) groups excluding carboxylic acids is 2. The number of benzene rings is 1. The molecule has 1 N–H and O–H groups in total. The Hall–Kier alpha value is -2.69. The summed E-state index contributed by atoms with van der Waals surface area (Å²) in [6.45, 7) is 3.84. The molecule has 0 saturated heterocycles. The molecule has 0 aliphatic rings. The number of aromatic nitrogens is 1. The maximum absolute atomic E-state index is 11.8. The molecule has 5 nitrogen and oxygen atoms in total. The van der Waals surface area contributed by atoms with Gasteiger partial charge in [-0.05, 0) is 56.7 Å². The summed E-state index contributed by atoms with van der Waals surface area (Å²) in [6, 6.07) is 12.5. The third-order valence-corrected chi connectivity index (χ3v) is 3.23. The summed E-state index contributed by atoms with van der Waals surface area (Å²) in [5.74, 6) is 1.20. The maximum atomic E-state index is 11.8. The van der Waals surface area contributed by atoms with Crippen molar-refractivity contribution in [2.24, 2.45) is 0 Å². The first-order valence-electron chi connectivity index (χ1n) is 7.52. The molecule has 0 unspecified atom stereocenters. The zero-order chi connectivity index (χ0) is 16.7. The van der Waals surface area contributed by atoms with E-state index in [1.807, 2.05) is 19.1 Å². The van der Waals surface area contributed by atoms with E-state index in [0.29, 0.717) is 36.6 Å². The number of anilines is 1. The van der Waals surface area contributed by atoms with Crippen molar-refractivity contribution < 1.29 is 14.3 Å². The van der Waals surface area contributed by atoms with Crippen LogP contribution < -0.4 is 10.1 Å². The Morgan fingerprint density at radius 2 is 1.87 bits per heavy atom. The van der Waals surface area contributed by atoms with Crippen molar-refractivity contribution in [2.75, 3.05) is 11.9 Å². The number of hydrogen-bond donors (Lipinski definition) is 1. The fourth-order valence-electron chi connectivity index (χ4n) is 2.03. The first-order valence-corrected chi connectivity index (χ1v) is 7.52. The van der Waals surface area contributed by atoms with Crippen LogP contribution in [0.25, 0.3) is 0 Å². The van der Waals surface area contributed by atoms with Crippen LogP contribution in [0.4, 0.5) is 5.82 Å². The lowest BCUT2D eigenvalue weighted by molar-refractivity contribution is -0.116. The molecule has 5 heteroatoms. The van der Waals surface area contributed by atoms with Crippen LogP contribution in [-0.4, -0.2) is 23.3 Å². The quantitative estimate of drug-likeness (QED) is 0.628. The molecule has 2 rings (SSSR count). The summed E-state index contributed by atoms with van der Waals surface area (Å²) in [5.41, 5.74) is 1.52. The predicted molar refractivity (Wildman–Crippen MR) is 88.8 cm³/mol. The molecule has 0 atom stereocenters. The van der Waals surface area contributed by atoms with Crippen molar-refractivity contribution in [2.45, 2.75) is 26.7 Å². The van der Waals surface area contributed by atoms with E-state index in [4.69, 9.17) is 4.74 Å². The highest BCUT2D eigenvalue weighted by molar-refractivity contribution is 5.94. The van der Waals surface area contributed by atoms with Crippen LogP contribution in [-0.2, 0) is 4.79 Å². The van der Waals surface area contributed by atoms with Crippen LogP contribution >= 0.6 is 0 Å². The van der Waals surface area contributed by atoms with Crippen molar-refractivity contribution >= 4 is 17.5 Å². The van der Waals surface area contributed by atoms with E-state index in [-0.39, 0.29) is 11.7 Å². The minimum atomic E-state index is -0.0846. The number of nitrogens with one attached hydrogen (secondary N) is 1. The van der Waals surface area contributed by atoms with Gasteiger partial charge in [-0.2, -0.15) is 0 Å². The molecule has 1 aromatic carbocycles. The van der Waals surface area contributed by atoms with E-state index in [2.05, 4.69) is 10.3 Å². The van der Waals surface area contributed by atoms with Gasteiger partial charge in [0.25, 0.3) is 0 Å². The van der Waals surface area contributed by atoms with Crippen molar-refractivity contribution in [1.82, 2.24) is 4.98 Å². The summed E-state index contributed by atoms with van der Waals surface area (Å²) < 4.78 is 5.55. The van der Waals surface area contributed by atoms with Crippen molar-refractivity contribution in [3.05, 3.63) is 53.7 Å². The number of carbonyl (C=O) groups is 2. The first kappa shape index (κ1) is 16.7. The molecule has 23 heavy (non-hydrogen) atoms. The average Bonchev–Trinajstić information content (AvgIpc) is 2.52. The number of aryl methyl sites for hydroxylation is 1. The van der Waals surface area contributed by atoms with E-state index >= 15 is 0 Å². The van der Waals surface area contributed by atoms with Gasteiger partial charge >= 0.3 is 0 Å². The lowest BCUT2D eigenvalue weighted by Gasteiger charge is -2.07. The monoisotopic (exact) mass is 312 g/mol. The third-order valence-electron chi connectivity index (χ3n) is 3.23. The van der Waals surface area contributed by atoms with Gasteiger partial charge in [0, 0.05) is 17.7 Å². The fraction of sp³-hybridized carbons (Fsp3) is 0.278. The van der Waals surface area contributed by atoms with Gasteiger partial charge in [0.05, 0.1) is 6.61 Å². The van der Waals surface area contributed by atoms with Gasteiger partial charge in [0.15, 0.2) is 5.78 Å². The number of ketones is 1. The number of pyridine rings is 1. The van der Waals surface area contributed by atoms with Crippen molar-refractivity contribution in [3.63, 3.8) is 0 Å². The number of Topliss-reactive ketones (excluding diaryl/α,β-unsaturated/α-hetero) is 1. The highest BCUT2D eigenvalue weighted by atomic mass is 16.5. The van der Waals surface area contributed by atoms with Crippen LogP contribution in [0.3, 0.4) is 0 Å². The minimum absolute atomic E-state index is 0.0259. The summed E-state index contributed by atoms with van der Waals surface area (Å²) in [7, 11) is 0. The minimum Gasteiger partial charge on any atom is -0.494 e. The predicted octanol–water partition coefficient (Wildman–Crippen LogP) is 3.39. The zero-order valence-electron chi connectivity index (χ0n) is 13.3. The van der Waals surface area contributed by atoms with Gasteiger partial charge in [0.2, 0.25) is 5.91 Å². The second-order valence-corrected chi connectivity index (χ2v) is 5.24. The molecule has 0 radical (unpaired) electrons. The molecule has 0 fully saturated rings. The van der Waals surface area contributed by atoms with Crippen LogP contribution in [0.2, 0.25) is 0 Å². The van der Waals surface area contributed by atoms with Crippen LogP contribution in [0.5, 0.6) is 5.75 Å². The molecular formula is C18H20N2O3. The van der Waals surface area contributed by atoms with Gasteiger partial charge < -0.3 is 10.1 Å². The van der Waals surface area contributed by atoms with Gasteiger partial charge in [-0.3, -0.25) is 9.59 Å². The van der Waals surface area contributed by atoms with Crippen molar-refractivity contribution in [3.8, 4) is 5.75 Å². The van der Waals surface area contributed by atoms with Gasteiger partial charge in [-0.1, -0.05) is 6.07 Å². The SMILES string of the molecule is CC(=O)c1ccc(OCCCC(=O)Nc2cccc(C)n2)cc1. The largest absolute Gasteiger partial charge is 0.494 e. The lowest BCUT2D eigenvalue weighted by atomic mass is 10.1. The summed E-state index contributed by atoms with van der Waals surface area (Å²) >= 11 is 0. The Bertz CT molecular complexity index is 681. The second kappa shape index (κ2) is 8.08. The maximum Gasteiger partial charge on any atom is 0.225 e. The number of ether oxygens (including phenoxy) is 1. The number of amides is 1. The van der Waals surface area contributed by atoms with Crippen LogP contribution in [0.15, 0.2) is 42.5 Å². The summed E-state index contributed by atoms with van der Waals surface area (Å²) in [6.07, 6.45) is 0.966. The molecule has 1 heterocycles. The van der Waals surface area contributed by atoms with E-state index in [1.54, 1.807) is 30.3 Å². The Kier molecular flexibility index (Phi) is 5.86. The van der Waals surface area contributed by atoms with E-state index in [0.717, 1.165) is 5.69 Å². The molecule has 0 saturated carbocycles. The molecule has 2 aromatic rings. The van der Waals surface area contributed by atoms with Crippen LogP contribution in [0, 0.1) is 6.92 Å². The third kappa shape index (κ3) is 5.54. The fourth-order valence-corrected chi connectivity index (χ4v) is 2.03. The zero-order valence-corrected chi connectivity index (χ0v) is 13.3. The number of hydrogen-bond acceptors (Lipinski definition) is 4. The highest BCUT2D eigenvalue weighted by Gasteiger charge is 2.04.